The summed E-state index contributed by atoms with van der Waals surface area (Å²) in [7, 11) is 3.91. The summed E-state index contributed by atoms with van der Waals surface area (Å²) in [5.74, 6) is -1.42. The van der Waals surface area contributed by atoms with Crippen LogP contribution in [0.15, 0.2) is 18.3 Å². The minimum atomic E-state index is -1.07. The fraction of sp³-hybridized carbons (Fsp3) is 0.462. The van der Waals surface area contributed by atoms with Gasteiger partial charge in [-0.1, -0.05) is 0 Å². The van der Waals surface area contributed by atoms with Crippen LogP contribution in [0, 0.1) is 0 Å². The minimum absolute atomic E-state index is 0.0496. The second-order valence-corrected chi connectivity index (χ2v) is 4.41. The van der Waals surface area contributed by atoms with E-state index in [0.29, 0.717) is 19.8 Å². The summed E-state index contributed by atoms with van der Waals surface area (Å²) in [5.41, 5.74) is 0.233. The van der Waals surface area contributed by atoms with Crippen LogP contribution in [0.3, 0.4) is 0 Å². The van der Waals surface area contributed by atoms with Crippen molar-refractivity contribution in [2.24, 2.45) is 0 Å². The molecule has 1 aromatic heterocycles. The van der Waals surface area contributed by atoms with E-state index in [2.05, 4.69) is 10.3 Å². The molecule has 7 heteroatoms. The van der Waals surface area contributed by atoms with Crippen LogP contribution in [0.4, 0.5) is 0 Å². The molecule has 0 aliphatic carbocycles. The number of amides is 1. The summed E-state index contributed by atoms with van der Waals surface area (Å²) in [4.78, 5) is 28.1. The molecule has 0 radical (unpaired) electrons. The van der Waals surface area contributed by atoms with Crippen molar-refractivity contribution in [2.75, 3.05) is 40.4 Å². The molecular weight excluding hydrogens is 262 g/mol. The van der Waals surface area contributed by atoms with Gasteiger partial charge in [-0.15, -0.1) is 0 Å². The molecule has 0 aromatic carbocycles. The number of carboxylic acids is 1. The van der Waals surface area contributed by atoms with Crippen molar-refractivity contribution in [3.63, 3.8) is 0 Å². The molecule has 1 rings (SSSR count). The van der Waals surface area contributed by atoms with Crippen LogP contribution in [0.2, 0.25) is 0 Å². The van der Waals surface area contributed by atoms with Gasteiger partial charge in [0, 0.05) is 19.3 Å². The number of carboxylic acid groups (broad SMARTS) is 1. The molecule has 7 nitrogen and oxygen atoms in total. The highest BCUT2D eigenvalue weighted by atomic mass is 16.5. The Balaban J connectivity index is 2.27. The van der Waals surface area contributed by atoms with Gasteiger partial charge >= 0.3 is 5.97 Å². The van der Waals surface area contributed by atoms with Crippen molar-refractivity contribution in [1.82, 2.24) is 15.2 Å². The van der Waals surface area contributed by atoms with Gasteiger partial charge in [-0.2, -0.15) is 0 Å². The molecule has 0 aliphatic rings. The maximum atomic E-state index is 11.7. The molecule has 1 heterocycles. The number of rotatable bonds is 8. The lowest BCUT2D eigenvalue weighted by Gasteiger charge is -2.10. The molecule has 1 amide bonds. The van der Waals surface area contributed by atoms with E-state index in [4.69, 9.17) is 9.84 Å². The highest BCUT2D eigenvalue weighted by Gasteiger charge is 2.08. The van der Waals surface area contributed by atoms with Crippen molar-refractivity contribution in [2.45, 2.75) is 0 Å². The highest BCUT2D eigenvalue weighted by Crippen LogP contribution is 2.00. The number of nitrogens with zero attached hydrogens (tertiary/aromatic N) is 2. The number of aromatic carboxylic acids is 1. The number of carbonyl (C=O) groups is 2. The first kappa shape index (κ1) is 16.1. The number of ether oxygens (including phenoxy) is 1. The first-order valence-electron chi connectivity index (χ1n) is 6.20. The minimum Gasteiger partial charge on any atom is -0.478 e. The zero-order valence-electron chi connectivity index (χ0n) is 11.6. The number of likely N-dealkylation sites (N-methyl/N-ethyl adjacent to an activating group) is 1. The molecule has 0 unspecified atom stereocenters. The molecule has 20 heavy (non-hydrogen) atoms. The molecule has 0 bridgehead atoms. The third-order valence-corrected chi connectivity index (χ3v) is 2.46. The van der Waals surface area contributed by atoms with E-state index < -0.39 is 5.97 Å². The molecule has 0 spiro atoms. The van der Waals surface area contributed by atoms with Gasteiger partial charge in [0.1, 0.15) is 5.69 Å². The van der Waals surface area contributed by atoms with Crippen LogP contribution in [0.1, 0.15) is 20.8 Å². The van der Waals surface area contributed by atoms with Gasteiger partial charge in [-0.05, 0) is 26.2 Å². The number of pyridine rings is 1. The van der Waals surface area contributed by atoms with Gasteiger partial charge in [-0.25, -0.2) is 4.79 Å². The summed E-state index contributed by atoms with van der Waals surface area (Å²) in [5, 5.41) is 11.4. The second-order valence-electron chi connectivity index (χ2n) is 4.41. The summed E-state index contributed by atoms with van der Waals surface area (Å²) in [6.07, 6.45) is 1.16. The SMILES string of the molecule is CN(C)CCOCCNC(=O)c1ccc(C(=O)O)cn1. The monoisotopic (exact) mass is 281 g/mol. The lowest BCUT2D eigenvalue weighted by atomic mass is 10.2. The second kappa shape index (κ2) is 8.23. The van der Waals surface area contributed by atoms with Gasteiger partial charge in [0.2, 0.25) is 0 Å². The van der Waals surface area contributed by atoms with Crippen LogP contribution in [-0.4, -0.2) is 67.3 Å². The lowest BCUT2D eigenvalue weighted by Crippen LogP contribution is -2.29. The van der Waals surface area contributed by atoms with E-state index in [9.17, 15) is 9.59 Å². The predicted octanol–water partition coefficient (Wildman–Crippen LogP) is 0.0878. The van der Waals surface area contributed by atoms with Crippen LogP contribution in [-0.2, 0) is 4.74 Å². The van der Waals surface area contributed by atoms with Gasteiger partial charge in [-0.3, -0.25) is 9.78 Å². The highest BCUT2D eigenvalue weighted by molar-refractivity contribution is 5.93. The fourth-order valence-corrected chi connectivity index (χ4v) is 1.33. The van der Waals surface area contributed by atoms with E-state index in [1.165, 1.54) is 12.1 Å². The van der Waals surface area contributed by atoms with Crippen LogP contribution >= 0.6 is 0 Å². The van der Waals surface area contributed by atoms with Crippen molar-refractivity contribution < 1.29 is 19.4 Å². The summed E-state index contributed by atoms with van der Waals surface area (Å²) >= 11 is 0. The Morgan fingerprint density at radius 1 is 1.35 bits per heavy atom. The van der Waals surface area contributed by atoms with E-state index in [-0.39, 0.29) is 17.2 Å². The van der Waals surface area contributed by atoms with Gasteiger partial charge < -0.3 is 20.1 Å². The topological polar surface area (TPSA) is 91.8 Å². The number of carbonyl (C=O) groups excluding carboxylic acids is 1. The Morgan fingerprint density at radius 3 is 2.65 bits per heavy atom. The van der Waals surface area contributed by atoms with Crippen LogP contribution in [0.5, 0.6) is 0 Å². The molecule has 2 N–H and O–H groups in total. The number of hydrogen-bond acceptors (Lipinski definition) is 5. The van der Waals surface area contributed by atoms with E-state index in [0.717, 1.165) is 12.7 Å². The smallest absolute Gasteiger partial charge is 0.337 e. The van der Waals surface area contributed by atoms with Crippen molar-refractivity contribution >= 4 is 11.9 Å². The first-order chi connectivity index (χ1) is 9.50. The lowest BCUT2D eigenvalue weighted by molar-refractivity contribution is 0.0695. The molecule has 0 saturated carbocycles. The van der Waals surface area contributed by atoms with E-state index in [1.54, 1.807) is 0 Å². The van der Waals surface area contributed by atoms with Gasteiger partial charge in [0.25, 0.3) is 5.91 Å². The average Bonchev–Trinajstić information content (AvgIpc) is 2.42. The Bertz CT molecular complexity index is 445. The Kier molecular flexibility index (Phi) is 6.61. The summed E-state index contributed by atoms with van der Waals surface area (Å²) < 4.78 is 5.33. The molecule has 0 fully saturated rings. The zero-order valence-corrected chi connectivity index (χ0v) is 11.6. The van der Waals surface area contributed by atoms with Gasteiger partial charge in [0.15, 0.2) is 0 Å². The Morgan fingerprint density at radius 2 is 2.10 bits per heavy atom. The first-order valence-corrected chi connectivity index (χ1v) is 6.20. The third kappa shape index (κ3) is 5.77. The number of hydrogen-bond donors (Lipinski definition) is 2. The van der Waals surface area contributed by atoms with E-state index >= 15 is 0 Å². The number of aromatic nitrogens is 1. The van der Waals surface area contributed by atoms with E-state index in [1.807, 2.05) is 19.0 Å². The predicted molar refractivity (Wildman–Crippen MR) is 72.9 cm³/mol. The largest absolute Gasteiger partial charge is 0.478 e. The average molecular weight is 281 g/mol. The Hall–Kier alpha value is -1.99. The molecule has 1 aromatic rings. The maximum Gasteiger partial charge on any atom is 0.337 e. The Labute approximate surface area is 117 Å². The quantitative estimate of drug-likeness (QED) is 0.656. The molecule has 0 aliphatic heterocycles. The fourth-order valence-electron chi connectivity index (χ4n) is 1.33. The molecule has 110 valence electrons. The van der Waals surface area contributed by atoms with Crippen LogP contribution < -0.4 is 5.32 Å². The van der Waals surface area contributed by atoms with Crippen molar-refractivity contribution in [3.8, 4) is 0 Å². The third-order valence-electron chi connectivity index (χ3n) is 2.46. The molecule has 0 saturated heterocycles. The van der Waals surface area contributed by atoms with Crippen molar-refractivity contribution in [3.05, 3.63) is 29.6 Å². The van der Waals surface area contributed by atoms with Crippen LogP contribution in [0.25, 0.3) is 0 Å². The van der Waals surface area contributed by atoms with Gasteiger partial charge in [0.05, 0.1) is 18.8 Å². The number of nitrogens with one attached hydrogen (secondary N) is 1. The normalized spacial score (nSPS) is 10.6. The summed E-state index contributed by atoms with van der Waals surface area (Å²) in [6, 6.07) is 2.73. The standard InChI is InChI=1S/C13H19N3O4/c1-16(2)6-8-20-7-5-14-12(17)11-4-3-10(9-15-11)13(18)19/h3-4,9H,5-8H2,1-2H3,(H,14,17)(H,18,19). The molecule has 0 atom stereocenters. The van der Waals surface area contributed by atoms with Crippen molar-refractivity contribution in [1.29, 1.82) is 0 Å². The zero-order chi connectivity index (χ0) is 15.0. The molecular formula is C13H19N3O4. The maximum absolute atomic E-state index is 11.7. The summed E-state index contributed by atoms with van der Waals surface area (Å²) in [6.45, 7) is 2.24.